The highest BCUT2D eigenvalue weighted by Gasteiger charge is 2.38. The maximum Gasteiger partial charge on any atom is 0.262 e. The fraction of sp³-hybridized carbons (Fsp3) is 0.455. The average molecular weight is 424 g/mol. The summed E-state index contributed by atoms with van der Waals surface area (Å²) in [5.41, 5.74) is 2.16. The van der Waals surface area contributed by atoms with Crippen LogP contribution in [0.1, 0.15) is 67.9 Å². The topological polar surface area (TPSA) is 80.9 Å². The largest absolute Gasteiger partial charge is 0.310 e. The maximum absolute atomic E-state index is 13.6. The van der Waals surface area contributed by atoms with E-state index in [2.05, 4.69) is 10.1 Å². The number of fused-ring (bicyclic) bond motifs is 2. The molecule has 6 rings (SSSR count). The van der Waals surface area contributed by atoms with Crippen molar-refractivity contribution in [3.05, 3.63) is 58.7 Å². The van der Waals surface area contributed by atoms with Crippen molar-refractivity contribution in [3.8, 4) is 0 Å². The van der Waals surface area contributed by atoms with Crippen molar-refractivity contribution in [2.75, 3.05) is 0 Å². The Balaban J connectivity index is 1.35. The number of H-pyrrole nitrogens is 1. The molecule has 2 fully saturated rings. The molecule has 4 aromatic heterocycles. The quantitative estimate of drug-likeness (QED) is 0.535. The summed E-state index contributed by atoms with van der Waals surface area (Å²) in [7, 11) is 0. The van der Waals surface area contributed by atoms with Crippen molar-refractivity contribution in [2.24, 2.45) is 0 Å². The molecule has 4 aromatic rings. The summed E-state index contributed by atoms with van der Waals surface area (Å²) in [6, 6.07) is 5.73. The average Bonchev–Trinajstić information content (AvgIpc) is 3.31. The van der Waals surface area contributed by atoms with Crippen molar-refractivity contribution in [2.45, 2.75) is 62.3 Å². The Labute approximate surface area is 176 Å². The predicted octanol–water partition coefficient (Wildman–Crippen LogP) is 4.18. The molecule has 0 unspecified atom stereocenters. The highest BCUT2D eigenvalue weighted by molar-refractivity contribution is 5.73. The minimum absolute atomic E-state index is 0.0704. The van der Waals surface area contributed by atoms with E-state index < -0.39 is 5.92 Å². The fourth-order valence-corrected chi connectivity index (χ4v) is 4.98. The van der Waals surface area contributed by atoms with Gasteiger partial charge in [-0.25, -0.2) is 23.4 Å². The van der Waals surface area contributed by atoms with Gasteiger partial charge in [0.25, 0.3) is 5.56 Å². The summed E-state index contributed by atoms with van der Waals surface area (Å²) >= 11 is 0. The van der Waals surface area contributed by atoms with Crippen molar-refractivity contribution in [1.82, 2.24) is 29.1 Å². The molecule has 2 atom stereocenters. The van der Waals surface area contributed by atoms with E-state index in [4.69, 9.17) is 9.97 Å². The Morgan fingerprint density at radius 3 is 2.61 bits per heavy atom. The first-order chi connectivity index (χ1) is 15.0. The summed E-state index contributed by atoms with van der Waals surface area (Å²) in [6.07, 6.45) is 7.75. The van der Waals surface area contributed by atoms with Crippen molar-refractivity contribution in [1.29, 1.82) is 0 Å². The van der Waals surface area contributed by atoms with Crippen LogP contribution in [0.5, 0.6) is 0 Å². The molecule has 160 valence electrons. The monoisotopic (exact) mass is 424 g/mol. The third-order valence-corrected chi connectivity index (χ3v) is 6.90. The number of hydrogen-bond acceptors (Lipinski definition) is 4. The van der Waals surface area contributed by atoms with Gasteiger partial charge in [0.2, 0.25) is 5.92 Å². The van der Waals surface area contributed by atoms with E-state index in [-0.39, 0.29) is 36.3 Å². The van der Waals surface area contributed by atoms with Crippen molar-refractivity contribution in [3.63, 3.8) is 0 Å². The molecule has 2 aliphatic rings. The molecule has 0 aliphatic heterocycles. The number of alkyl halides is 2. The van der Waals surface area contributed by atoms with Crippen LogP contribution in [0.4, 0.5) is 8.78 Å². The van der Waals surface area contributed by atoms with E-state index in [1.807, 2.05) is 35.0 Å². The Kier molecular flexibility index (Phi) is 4.03. The van der Waals surface area contributed by atoms with Crippen LogP contribution in [0.2, 0.25) is 0 Å². The second-order valence-electron chi connectivity index (χ2n) is 8.79. The number of pyridine rings is 1. The van der Waals surface area contributed by atoms with Gasteiger partial charge in [0.15, 0.2) is 5.65 Å². The zero-order valence-corrected chi connectivity index (χ0v) is 16.8. The molecule has 9 heteroatoms. The molecule has 31 heavy (non-hydrogen) atoms. The van der Waals surface area contributed by atoms with Gasteiger partial charge in [-0.3, -0.25) is 4.79 Å². The number of aromatic nitrogens is 6. The van der Waals surface area contributed by atoms with E-state index >= 15 is 0 Å². The first-order valence-electron chi connectivity index (χ1n) is 10.8. The van der Waals surface area contributed by atoms with E-state index in [1.54, 1.807) is 4.68 Å². The zero-order valence-electron chi connectivity index (χ0n) is 16.8. The number of rotatable bonds is 3. The van der Waals surface area contributed by atoms with Crippen molar-refractivity contribution >= 4 is 16.7 Å². The predicted molar refractivity (Wildman–Crippen MR) is 111 cm³/mol. The second-order valence-corrected chi connectivity index (χ2v) is 8.79. The Bertz CT molecular complexity index is 1300. The highest BCUT2D eigenvalue weighted by atomic mass is 19.3. The molecule has 0 amide bonds. The zero-order chi connectivity index (χ0) is 21.2. The minimum atomic E-state index is -2.61. The van der Waals surface area contributed by atoms with Crippen LogP contribution >= 0.6 is 0 Å². The van der Waals surface area contributed by atoms with E-state index in [1.165, 1.54) is 6.20 Å². The molecular weight excluding hydrogens is 402 g/mol. The van der Waals surface area contributed by atoms with E-state index in [9.17, 15) is 13.6 Å². The molecule has 0 bridgehead atoms. The molecule has 2 saturated carbocycles. The Morgan fingerprint density at radius 2 is 1.87 bits per heavy atom. The highest BCUT2D eigenvalue weighted by Crippen LogP contribution is 2.47. The lowest BCUT2D eigenvalue weighted by atomic mass is 9.71. The number of nitrogens with one attached hydrogen (secondary N) is 1. The van der Waals surface area contributed by atoms with Crippen LogP contribution in [0.25, 0.3) is 16.7 Å². The first-order valence-corrected chi connectivity index (χ1v) is 10.8. The Hall–Kier alpha value is -3.10. The lowest BCUT2D eigenvalue weighted by molar-refractivity contribution is -0.0446. The van der Waals surface area contributed by atoms with Gasteiger partial charge in [-0.2, -0.15) is 5.10 Å². The molecule has 0 aromatic carbocycles. The number of halogens is 2. The number of hydrogen-bond donors (Lipinski definition) is 1. The standard InChI is InChI=1S/C22H22F2N6O/c23-22(24)8-6-13(7-9-22)30-20-16(11-25-30)21(31)28-19(27-20)15-5-4-14(15)17-12-29-10-2-1-3-18(29)26-17/h1-3,10-15H,4-9H2,(H,27,28,31)/t14-,15+/m1/s1. The maximum atomic E-state index is 13.6. The summed E-state index contributed by atoms with van der Waals surface area (Å²) in [6.45, 7) is 0. The van der Waals surface area contributed by atoms with Crippen LogP contribution in [-0.4, -0.2) is 35.1 Å². The number of aromatic amines is 1. The third-order valence-electron chi connectivity index (χ3n) is 6.90. The molecule has 2 aliphatic carbocycles. The molecule has 7 nitrogen and oxygen atoms in total. The lowest BCUT2D eigenvalue weighted by Crippen LogP contribution is -2.28. The lowest BCUT2D eigenvalue weighted by Gasteiger charge is -2.34. The molecule has 1 N–H and O–H groups in total. The van der Waals surface area contributed by atoms with E-state index in [0.29, 0.717) is 29.7 Å². The molecule has 0 radical (unpaired) electrons. The normalized spacial score (nSPS) is 23.9. The first kappa shape index (κ1) is 18.7. The van der Waals surface area contributed by atoms with Gasteiger partial charge in [-0.05, 0) is 37.8 Å². The van der Waals surface area contributed by atoms with Gasteiger partial charge < -0.3 is 9.38 Å². The Morgan fingerprint density at radius 1 is 1.06 bits per heavy atom. The minimum Gasteiger partial charge on any atom is -0.310 e. The summed E-state index contributed by atoms with van der Waals surface area (Å²) < 4.78 is 30.9. The summed E-state index contributed by atoms with van der Waals surface area (Å²) in [4.78, 5) is 25.2. The summed E-state index contributed by atoms with van der Waals surface area (Å²) in [5.74, 6) is -1.72. The molecule has 0 saturated heterocycles. The summed E-state index contributed by atoms with van der Waals surface area (Å²) in [5, 5.41) is 4.76. The van der Waals surface area contributed by atoms with Gasteiger partial charge in [0.1, 0.15) is 16.9 Å². The van der Waals surface area contributed by atoms with Gasteiger partial charge in [0, 0.05) is 37.1 Å². The van der Waals surface area contributed by atoms with Gasteiger partial charge in [0.05, 0.1) is 17.9 Å². The van der Waals surface area contributed by atoms with Gasteiger partial charge in [-0.1, -0.05) is 6.07 Å². The number of nitrogens with zero attached hydrogens (tertiary/aromatic N) is 5. The molecular formula is C22H22F2N6O. The van der Waals surface area contributed by atoms with Crippen molar-refractivity contribution < 1.29 is 8.78 Å². The van der Waals surface area contributed by atoms with Crippen LogP contribution < -0.4 is 5.56 Å². The third kappa shape index (κ3) is 3.05. The van der Waals surface area contributed by atoms with Gasteiger partial charge >= 0.3 is 0 Å². The van der Waals surface area contributed by atoms with Crippen LogP contribution in [-0.2, 0) is 0 Å². The van der Waals surface area contributed by atoms with Crippen LogP contribution in [0.3, 0.4) is 0 Å². The molecule has 0 spiro atoms. The second kappa shape index (κ2) is 6.70. The molecule has 4 heterocycles. The van der Waals surface area contributed by atoms with Gasteiger partial charge in [-0.15, -0.1) is 0 Å². The smallest absolute Gasteiger partial charge is 0.262 e. The fourth-order valence-electron chi connectivity index (χ4n) is 4.98. The SMILES string of the molecule is O=c1[nH]c([C@H]2CC[C@H]2c2cn3ccccc3n2)nc2c1cnn2C1CCC(F)(F)CC1. The number of imidazole rings is 1. The van der Waals surface area contributed by atoms with Crippen LogP contribution in [0, 0.1) is 0 Å². The van der Waals surface area contributed by atoms with Crippen LogP contribution in [0.15, 0.2) is 41.6 Å². The van der Waals surface area contributed by atoms with E-state index in [0.717, 1.165) is 24.2 Å².